The Labute approximate surface area is 130 Å². The van der Waals surface area contributed by atoms with E-state index in [1.54, 1.807) is 12.1 Å². The second-order valence-corrected chi connectivity index (χ2v) is 8.04. The van der Waals surface area contributed by atoms with Crippen molar-refractivity contribution in [3.8, 4) is 0 Å². The molecule has 1 aromatic rings. The van der Waals surface area contributed by atoms with Crippen molar-refractivity contribution >= 4 is 21.8 Å². The molecule has 0 spiro atoms. The Morgan fingerprint density at radius 3 is 2.82 bits per heavy atom. The van der Waals surface area contributed by atoms with Crippen molar-refractivity contribution in [3.63, 3.8) is 0 Å². The van der Waals surface area contributed by atoms with Crippen LogP contribution in [0.15, 0.2) is 30.3 Å². The van der Waals surface area contributed by atoms with E-state index in [1.165, 1.54) is 30.5 Å². The molecule has 1 aromatic carbocycles. The topological polar surface area (TPSA) is 63.2 Å². The van der Waals surface area contributed by atoms with E-state index in [0.29, 0.717) is 18.4 Å². The standard InChI is InChI=1S/C16H20FNO3S/c1-22(20,21)15-7-3-6-14(11-15)18-16(19)9-8-12-4-2-5-13(17)10-12/h2,4-5,8-10,14-15H,3,6-7,11H2,1H3,(H,18,19)/b9-8+. The first-order valence-corrected chi connectivity index (χ1v) is 9.23. The summed E-state index contributed by atoms with van der Waals surface area (Å²) < 4.78 is 36.2. The Balaban J connectivity index is 1.92. The summed E-state index contributed by atoms with van der Waals surface area (Å²) in [5.74, 6) is -0.644. The van der Waals surface area contributed by atoms with E-state index in [9.17, 15) is 17.6 Å². The lowest BCUT2D eigenvalue weighted by Gasteiger charge is -2.28. The van der Waals surface area contributed by atoms with Crippen molar-refractivity contribution in [2.45, 2.75) is 37.0 Å². The Morgan fingerprint density at radius 1 is 1.36 bits per heavy atom. The van der Waals surface area contributed by atoms with Crippen LogP contribution < -0.4 is 5.32 Å². The maximum absolute atomic E-state index is 13.0. The lowest BCUT2D eigenvalue weighted by molar-refractivity contribution is -0.117. The van der Waals surface area contributed by atoms with Gasteiger partial charge in [-0.25, -0.2) is 12.8 Å². The maximum Gasteiger partial charge on any atom is 0.244 e. The number of amides is 1. The molecule has 1 fully saturated rings. The predicted octanol–water partition coefficient (Wildman–Crippen LogP) is 2.31. The molecule has 1 aliphatic carbocycles. The van der Waals surface area contributed by atoms with E-state index < -0.39 is 9.84 Å². The van der Waals surface area contributed by atoms with Gasteiger partial charge in [0.05, 0.1) is 5.25 Å². The summed E-state index contributed by atoms with van der Waals surface area (Å²) in [6.07, 6.45) is 6.81. The minimum absolute atomic E-state index is 0.127. The number of benzene rings is 1. The predicted molar refractivity (Wildman–Crippen MR) is 84.5 cm³/mol. The molecule has 1 saturated carbocycles. The van der Waals surface area contributed by atoms with Gasteiger partial charge >= 0.3 is 0 Å². The van der Waals surface area contributed by atoms with Crippen LogP contribution in [0.4, 0.5) is 4.39 Å². The maximum atomic E-state index is 13.0. The highest BCUT2D eigenvalue weighted by Crippen LogP contribution is 2.23. The molecule has 120 valence electrons. The zero-order valence-electron chi connectivity index (χ0n) is 12.5. The lowest BCUT2D eigenvalue weighted by atomic mass is 9.95. The molecule has 6 heteroatoms. The van der Waals surface area contributed by atoms with E-state index in [4.69, 9.17) is 0 Å². The second kappa shape index (κ2) is 7.05. The Kier molecular flexibility index (Phi) is 5.34. The van der Waals surface area contributed by atoms with E-state index in [2.05, 4.69) is 5.32 Å². The van der Waals surface area contributed by atoms with Crippen LogP contribution in [0.1, 0.15) is 31.2 Å². The molecule has 4 nitrogen and oxygen atoms in total. The third-order valence-electron chi connectivity index (χ3n) is 3.85. The molecule has 1 N–H and O–H groups in total. The highest BCUT2D eigenvalue weighted by Gasteiger charge is 2.29. The summed E-state index contributed by atoms with van der Waals surface area (Å²) in [4.78, 5) is 11.9. The average molecular weight is 325 g/mol. The number of rotatable bonds is 4. The summed E-state index contributed by atoms with van der Waals surface area (Å²) in [7, 11) is -3.07. The van der Waals surface area contributed by atoms with Gasteiger partial charge < -0.3 is 5.32 Å². The third kappa shape index (κ3) is 4.94. The molecule has 1 aliphatic rings. The van der Waals surface area contributed by atoms with Crippen molar-refractivity contribution < 1.29 is 17.6 Å². The normalized spacial score (nSPS) is 22.6. The Hall–Kier alpha value is -1.69. The van der Waals surface area contributed by atoms with Crippen LogP contribution in [0, 0.1) is 5.82 Å². The van der Waals surface area contributed by atoms with E-state index in [1.807, 2.05) is 0 Å². The molecule has 2 atom stereocenters. The van der Waals surface area contributed by atoms with Gasteiger partial charge in [0.1, 0.15) is 15.7 Å². The molecule has 22 heavy (non-hydrogen) atoms. The van der Waals surface area contributed by atoms with Crippen LogP contribution in [0.3, 0.4) is 0 Å². The third-order valence-corrected chi connectivity index (χ3v) is 5.49. The van der Waals surface area contributed by atoms with Gasteiger partial charge in [0.25, 0.3) is 0 Å². The van der Waals surface area contributed by atoms with E-state index >= 15 is 0 Å². The molecular weight excluding hydrogens is 305 g/mol. The van der Waals surface area contributed by atoms with Gasteiger partial charge in [0, 0.05) is 18.4 Å². The summed E-state index contributed by atoms with van der Waals surface area (Å²) in [6, 6.07) is 5.82. The number of carbonyl (C=O) groups excluding carboxylic acids is 1. The van der Waals surface area contributed by atoms with Crippen molar-refractivity contribution in [2.24, 2.45) is 0 Å². The largest absolute Gasteiger partial charge is 0.350 e. The van der Waals surface area contributed by atoms with Crippen LogP contribution in [0.5, 0.6) is 0 Å². The Morgan fingerprint density at radius 2 is 2.14 bits per heavy atom. The molecule has 0 aromatic heterocycles. The fourth-order valence-corrected chi connectivity index (χ4v) is 3.87. The molecular formula is C16H20FNO3S. The molecule has 1 amide bonds. The molecule has 0 radical (unpaired) electrons. The minimum atomic E-state index is -3.07. The molecule has 0 bridgehead atoms. The number of halogens is 1. The summed E-state index contributed by atoms with van der Waals surface area (Å²) in [5, 5.41) is 2.45. The van der Waals surface area contributed by atoms with Gasteiger partial charge in [-0.05, 0) is 43.0 Å². The minimum Gasteiger partial charge on any atom is -0.350 e. The monoisotopic (exact) mass is 325 g/mol. The van der Waals surface area contributed by atoms with Crippen LogP contribution >= 0.6 is 0 Å². The molecule has 0 aliphatic heterocycles. The van der Waals surface area contributed by atoms with Crippen LogP contribution in [-0.2, 0) is 14.6 Å². The van der Waals surface area contributed by atoms with Crippen LogP contribution in [-0.4, -0.2) is 31.9 Å². The molecule has 2 unspecified atom stereocenters. The zero-order chi connectivity index (χ0) is 16.2. The van der Waals surface area contributed by atoms with Crippen molar-refractivity contribution in [1.29, 1.82) is 0 Å². The SMILES string of the molecule is CS(=O)(=O)C1CCCC(NC(=O)/C=C/c2cccc(F)c2)C1. The van der Waals surface area contributed by atoms with Gasteiger partial charge in [-0.1, -0.05) is 18.6 Å². The first kappa shape index (κ1) is 16.7. The van der Waals surface area contributed by atoms with Crippen molar-refractivity contribution in [1.82, 2.24) is 5.32 Å². The fourth-order valence-electron chi connectivity index (χ4n) is 2.70. The van der Waals surface area contributed by atoms with Gasteiger partial charge in [0.15, 0.2) is 0 Å². The molecule has 0 heterocycles. The van der Waals surface area contributed by atoms with Gasteiger partial charge in [-0.2, -0.15) is 0 Å². The van der Waals surface area contributed by atoms with E-state index in [-0.39, 0.29) is 23.0 Å². The zero-order valence-corrected chi connectivity index (χ0v) is 13.3. The number of nitrogens with one attached hydrogen (secondary N) is 1. The Bertz CT molecular complexity index is 670. The average Bonchev–Trinajstić information content (AvgIpc) is 2.45. The van der Waals surface area contributed by atoms with Gasteiger partial charge in [-0.3, -0.25) is 4.79 Å². The second-order valence-electron chi connectivity index (χ2n) is 5.71. The highest BCUT2D eigenvalue weighted by atomic mass is 32.2. The van der Waals surface area contributed by atoms with Gasteiger partial charge in [0.2, 0.25) is 5.91 Å². The number of sulfone groups is 1. The number of carbonyl (C=O) groups is 1. The van der Waals surface area contributed by atoms with Crippen LogP contribution in [0.2, 0.25) is 0 Å². The first-order valence-electron chi connectivity index (χ1n) is 7.27. The van der Waals surface area contributed by atoms with Gasteiger partial charge in [-0.15, -0.1) is 0 Å². The van der Waals surface area contributed by atoms with Crippen LogP contribution in [0.25, 0.3) is 6.08 Å². The summed E-state index contributed by atoms with van der Waals surface area (Å²) in [6.45, 7) is 0. The van der Waals surface area contributed by atoms with Crippen molar-refractivity contribution in [2.75, 3.05) is 6.26 Å². The summed E-state index contributed by atoms with van der Waals surface area (Å²) >= 11 is 0. The summed E-state index contributed by atoms with van der Waals surface area (Å²) in [5.41, 5.74) is 0.604. The molecule has 0 saturated heterocycles. The lowest BCUT2D eigenvalue weighted by Crippen LogP contribution is -2.41. The fraction of sp³-hybridized carbons (Fsp3) is 0.438. The first-order chi connectivity index (χ1) is 10.3. The highest BCUT2D eigenvalue weighted by molar-refractivity contribution is 7.91. The molecule has 2 rings (SSSR count). The smallest absolute Gasteiger partial charge is 0.244 e. The quantitative estimate of drug-likeness (QED) is 0.864. The van der Waals surface area contributed by atoms with Crippen molar-refractivity contribution in [3.05, 3.63) is 41.7 Å². The van der Waals surface area contributed by atoms with E-state index in [0.717, 1.165) is 12.8 Å². The number of hydrogen-bond acceptors (Lipinski definition) is 3. The number of hydrogen-bond donors (Lipinski definition) is 1.